The second-order valence-electron chi connectivity index (χ2n) is 7.45. The number of rotatable bonds is 8. The predicted molar refractivity (Wildman–Crippen MR) is 104 cm³/mol. The maximum Gasteiger partial charge on any atom is 0.526 e. The Labute approximate surface area is 164 Å². The molecule has 0 saturated carbocycles. The molecule has 0 amide bonds. The molecule has 152 valence electrons. The van der Waals surface area contributed by atoms with Crippen LogP contribution >= 0.6 is 0 Å². The van der Waals surface area contributed by atoms with Crippen molar-refractivity contribution in [3.8, 4) is 5.75 Å². The number of Topliss-reactive ketones (excluding diaryl/α,β-unsaturated/α-hetero) is 1. The number of piperidine rings is 1. The summed E-state index contributed by atoms with van der Waals surface area (Å²) in [5.74, 6) is -1.23. The molecule has 1 aromatic rings. The zero-order valence-corrected chi connectivity index (χ0v) is 15.9. The van der Waals surface area contributed by atoms with Crippen molar-refractivity contribution < 1.29 is 29.1 Å². The van der Waals surface area contributed by atoms with Gasteiger partial charge in [0.2, 0.25) is 0 Å². The molecule has 0 spiro atoms. The second-order valence-corrected chi connectivity index (χ2v) is 7.45. The molecule has 0 aromatic heterocycles. The van der Waals surface area contributed by atoms with Gasteiger partial charge in [0, 0.05) is 31.9 Å². The highest BCUT2D eigenvalue weighted by Gasteiger charge is 2.38. The molecule has 2 heterocycles. The molecule has 0 radical (unpaired) electrons. The summed E-state index contributed by atoms with van der Waals surface area (Å²) in [6.45, 7) is 3.02. The minimum atomic E-state index is -1.19. The summed E-state index contributed by atoms with van der Waals surface area (Å²) in [7, 11) is -1.19. The number of carbonyl (C=O) groups excluding carboxylic acids is 1. The van der Waals surface area contributed by atoms with Gasteiger partial charge in [-0.3, -0.25) is 9.69 Å². The Hall–Kier alpha value is -1.94. The maximum atomic E-state index is 12.5. The summed E-state index contributed by atoms with van der Waals surface area (Å²) in [5.41, 5.74) is 6.19. The molecule has 3 rings (SSSR count). The molecule has 1 saturated heterocycles. The number of likely N-dealkylation sites (tertiary alicyclic amines) is 1. The van der Waals surface area contributed by atoms with Crippen LogP contribution < -0.4 is 10.4 Å². The molecule has 2 aliphatic heterocycles. The zero-order chi connectivity index (χ0) is 20.1. The Bertz CT molecular complexity index is 708. The van der Waals surface area contributed by atoms with E-state index in [4.69, 9.17) is 15.1 Å². The summed E-state index contributed by atoms with van der Waals surface area (Å²) < 4.78 is 11.1. The van der Waals surface area contributed by atoms with Gasteiger partial charge in [-0.1, -0.05) is 12.1 Å². The van der Waals surface area contributed by atoms with Crippen LogP contribution in [0.4, 0.5) is 0 Å². The summed E-state index contributed by atoms with van der Waals surface area (Å²) in [4.78, 5) is 25.9. The minimum Gasteiger partial charge on any atom is -0.535 e. The fourth-order valence-electron chi connectivity index (χ4n) is 3.90. The van der Waals surface area contributed by atoms with Gasteiger partial charge >= 0.3 is 13.1 Å². The lowest BCUT2D eigenvalue weighted by Crippen LogP contribution is -2.41. The molecule has 1 fully saturated rings. The van der Waals surface area contributed by atoms with Crippen molar-refractivity contribution in [1.82, 2.24) is 4.90 Å². The van der Waals surface area contributed by atoms with E-state index in [2.05, 4.69) is 4.90 Å². The van der Waals surface area contributed by atoms with Crippen LogP contribution in [0.1, 0.15) is 35.2 Å². The molecule has 28 heavy (non-hydrogen) atoms. The van der Waals surface area contributed by atoms with Gasteiger partial charge in [-0.15, -0.1) is 0 Å². The first-order chi connectivity index (χ1) is 13.5. The number of nitrogens with zero attached hydrogens (tertiary/aromatic N) is 1. The highest BCUT2D eigenvalue weighted by molar-refractivity contribution is 6.47. The molecule has 2 aliphatic rings. The number of aromatic carboxylic acids is 1. The fourth-order valence-corrected chi connectivity index (χ4v) is 3.90. The number of carbonyl (C=O) groups is 2. The fraction of sp³-hybridized carbons (Fsp3) is 0.579. The van der Waals surface area contributed by atoms with E-state index in [1.165, 1.54) is 6.07 Å². The number of para-hydroxylation sites is 1. The van der Waals surface area contributed by atoms with Crippen molar-refractivity contribution in [2.24, 2.45) is 5.73 Å². The highest BCUT2D eigenvalue weighted by Crippen LogP contribution is 2.36. The monoisotopic (exact) mass is 390 g/mol. The molecule has 0 unspecified atom stereocenters. The maximum absolute atomic E-state index is 12.5. The van der Waals surface area contributed by atoms with E-state index in [1.807, 2.05) is 0 Å². The van der Waals surface area contributed by atoms with Crippen molar-refractivity contribution in [1.29, 1.82) is 0 Å². The summed E-state index contributed by atoms with van der Waals surface area (Å²) in [5, 5.41) is 19.5. The van der Waals surface area contributed by atoms with Gasteiger partial charge in [-0.05, 0) is 30.9 Å². The van der Waals surface area contributed by atoms with Crippen LogP contribution in [-0.4, -0.2) is 72.8 Å². The van der Waals surface area contributed by atoms with Gasteiger partial charge in [0.05, 0.1) is 24.8 Å². The molecular formula is C19H27BN2O6. The standard InChI is InChI=1S/C19H27BN2O6/c21-6-9-27-16-4-7-22(8-5-16)12-15(23)11-14-10-13-2-1-3-17(19(24)25)18(13)28-20(14)26/h1-3,14,16,26H,4-12,21H2,(H,24,25)/t14-/m1/s1. The summed E-state index contributed by atoms with van der Waals surface area (Å²) >= 11 is 0. The Morgan fingerprint density at radius 2 is 2.07 bits per heavy atom. The van der Waals surface area contributed by atoms with Gasteiger partial charge in [0.25, 0.3) is 0 Å². The number of ketones is 1. The number of carboxylic acids is 1. The lowest BCUT2D eigenvalue weighted by Gasteiger charge is -2.32. The highest BCUT2D eigenvalue weighted by atomic mass is 16.5. The van der Waals surface area contributed by atoms with Crippen LogP contribution in [-0.2, 0) is 16.0 Å². The van der Waals surface area contributed by atoms with Crippen molar-refractivity contribution in [2.45, 2.75) is 37.6 Å². The first-order valence-corrected chi connectivity index (χ1v) is 9.73. The van der Waals surface area contributed by atoms with Gasteiger partial charge in [0.1, 0.15) is 11.5 Å². The molecule has 0 aliphatic carbocycles. The van der Waals surface area contributed by atoms with Crippen molar-refractivity contribution >= 4 is 18.9 Å². The van der Waals surface area contributed by atoms with E-state index >= 15 is 0 Å². The van der Waals surface area contributed by atoms with Crippen molar-refractivity contribution in [3.63, 3.8) is 0 Å². The third-order valence-corrected chi connectivity index (χ3v) is 5.35. The van der Waals surface area contributed by atoms with Crippen LogP contribution in [0.5, 0.6) is 5.75 Å². The van der Waals surface area contributed by atoms with Gasteiger partial charge in [0.15, 0.2) is 0 Å². The van der Waals surface area contributed by atoms with Gasteiger partial charge in [-0.2, -0.15) is 0 Å². The quantitative estimate of drug-likeness (QED) is 0.551. The minimum absolute atomic E-state index is 0.0288. The molecule has 1 atom stereocenters. The van der Waals surface area contributed by atoms with Crippen molar-refractivity contribution in [2.75, 3.05) is 32.8 Å². The van der Waals surface area contributed by atoms with Crippen LogP contribution in [0, 0.1) is 0 Å². The van der Waals surface area contributed by atoms with E-state index < -0.39 is 13.1 Å². The first-order valence-electron chi connectivity index (χ1n) is 9.73. The normalized spacial score (nSPS) is 20.5. The zero-order valence-electron chi connectivity index (χ0n) is 15.9. The number of nitrogens with two attached hydrogens (primary N) is 1. The van der Waals surface area contributed by atoms with E-state index in [0.717, 1.165) is 25.9 Å². The smallest absolute Gasteiger partial charge is 0.526 e. The van der Waals surface area contributed by atoms with Crippen molar-refractivity contribution in [3.05, 3.63) is 29.3 Å². The number of fused-ring (bicyclic) bond motifs is 1. The number of hydrogen-bond donors (Lipinski definition) is 3. The van der Waals surface area contributed by atoms with E-state index in [9.17, 15) is 19.7 Å². The molecule has 8 nitrogen and oxygen atoms in total. The molecule has 0 bridgehead atoms. The lowest BCUT2D eigenvalue weighted by molar-refractivity contribution is -0.121. The predicted octanol–water partition coefficient (Wildman–Crippen LogP) is 0.569. The van der Waals surface area contributed by atoms with E-state index in [0.29, 0.717) is 31.7 Å². The SMILES string of the molecule is NCCOC1CCN(CC(=O)C[C@H]2Cc3cccc(C(=O)O)c3OB2O)CC1. The van der Waals surface area contributed by atoms with E-state index in [1.54, 1.807) is 12.1 Å². The average molecular weight is 390 g/mol. The summed E-state index contributed by atoms with van der Waals surface area (Å²) in [6.07, 6.45) is 2.59. The number of carboxylic acid groups (broad SMARTS) is 1. The summed E-state index contributed by atoms with van der Waals surface area (Å²) in [6, 6.07) is 4.87. The molecule has 4 N–H and O–H groups in total. The largest absolute Gasteiger partial charge is 0.535 e. The Balaban J connectivity index is 1.51. The Morgan fingerprint density at radius 3 is 2.75 bits per heavy atom. The molecular weight excluding hydrogens is 363 g/mol. The van der Waals surface area contributed by atoms with Crippen LogP contribution in [0.3, 0.4) is 0 Å². The topological polar surface area (TPSA) is 122 Å². The first kappa shape index (κ1) is 20.8. The number of hydrogen-bond acceptors (Lipinski definition) is 7. The van der Waals surface area contributed by atoms with Crippen LogP contribution in [0.2, 0.25) is 5.82 Å². The molecule has 9 heteroatoms. The van der Waals surface area contributed by atoms with Crippen LogP contribution in [0.25, 0.3) is 0 Å². The third-order valence-electron chi connectivity index (χ3n) is 5.35. The van der Waals surface area contributed by atoms with E-state index in [-0.39, 0.29) is 35.4 Å². The molecule has 1 aromatic carbocycles. The third kappa shape index (κ3) is 5.11. The second kappa shape index (κ2) is 9.51. The van der Waals surface area contributed by atoms with Gasteiger partial charge < -0.3 is 25.3 Å². The average Bonchev–Trinajstić information content (AvgIpc) is 2.67. The Kier molecular flexibility index (Phi) is 7.06. The van der Waals surface area contributed by atoms with Crippen LogP contribution in [0.15, 0.2) is 18.2 Å². The number of ether oxygens (including phenoxy) is 1. The lowest BCUT2D eigenvalue weighted by atomic mass is 9.64. The number of benzene rings is 1. The van der Waals surface area contributed by atoms with Gasteiger partial charge in [-0.25, -0.2) is 4.79 Å². The Morgan fingerprint density at radius 1 is 1.32 bits per heavy atom.